The maximum Gasteiger partial charge on any atom is 0.283 e. The van der Waals surface area contributed by atoms with Crippen molar-refractivity contribution in [1.29, 1.82) is 0 Å². The summed E-state index contributed by atoms with van der Waals surface area (Å²) in [7, 11) is 0. The minimum Gasteiger partial charge on any atom is -0.463 e. The number of nitrogens with two attached hydrogens (primary N) is 1. The Morgan fingerprint density at radius 3 is 2.90 bits per heavy atom. The third kappa shape index (κ3) is 3.91. The molecule has 1 aliphatic carbocycles. The van der Waals surface area contributed by atoms with Crippen molar-refractivity contribution in [1.82, 2.24) is 9.97 Å². The molecule has 0 spiro atoms. The summed E-state index contributed by atoms with van der Waals surface area (Å²) >= 11 is 6.18. The third-order valence-electron chi connectivity index (χ3n) is 5.27. The zero-order chi connectivity index (χ0) is 22.2. The molecule has 1 saturated carbocycles. The molecule has 0 radical (unpaired) electrons. The molecule has 0 unspecified atom stereocenters. The van der Waals surface area contributed by atoms with Crippen LogP contribution in [0.5, 0.6) is 5.88 Å². The van der Waals surface area contributed by atoms with E-state index >= 15 is 0 Å². The van der Waals surface area contributed by atoms with Crippen molar-refractivity contribution in [2.75, 3.05) is 13.3 Å². The highest BCUT2D eigenvalue weighted by Crippen LogP contribution is 2.54. The molecule has 0 bridgehead atoms. The van der Waals surface area contributed by atoms with E-state index < -0.39 is 23.8 Å². The Bertz CT molecular complexity index is 1100. The monoisotopic (exact) mass is 446 g/mol. The number of aliphatic imine (C=N–C) groups is 1. The molecule has 160 valence electrons. The minimum absolute atomic E-state index is 0.0189. The number of carbonyl (C=O) groups excluding carboxylic acids is 1. The quantitative estimate of drug-likeness (QED) is 0.518. The molecule has 2 heterocycles. The highest BCUT2D eigenvalue weighted by Gasteiger charge is 2.60. The Morgan fingerprint density at radius 2 is 2.23 bits per heavy atom. The van der Waals surface area contributed by atoms with Gasteiger partial charge in [0.25, 0.3) is 6.02 Å². The molecule has 10 heteroatoms. The van der Waals surface area contributed by atoms with Gasteiger partial charge in [-0.15, -0.1) is 6.42 Å². The van der Waals surface area contributed by atoms with Crippen molar-refractivity contribution in [2.24, 2.45) is 16.6 Å². The molecule has 1 aromatic heterocycles. The lowest BCUT2D eigenvalue weighted by atomic mass is 9.84. The van der Waals surface area contributed by atoms with E-state index in [1.807, 2.05) is 0 Å². The van der Waals surface area contributed by atoms with Crippen LogP contribution in [0.1, 0.15) is 28.0 Å². The summed E-state index contributed by atoms with van der Waals surface area (Å²) in [6.07, 6.45) is 7.65. The van der Waals surface area contributed by atoms with Gasteiger partial charge in [-0.3, -0.25) is 4.79 Å². The molecule has 0 amide bonds. The first-order chi connectivity index (χ1) is 14.9. The Morgan fingerprint density at radius 1 is 1.42 bits per heavy atom. The fourth-order valence-corrected chi connectivity index (χ4v) is 3.99. The van der Waals surface area contributed by atoms with E-state index in [0.717, 1.165) is 6.07 Å². The Labute approximate surface area is 181 Å². The Hall–Kier alpha value is -3.25. The van der Waals surface area contributed by atoms with Crippen LogP contribution in [0.2, 0.25) is 5.02 Å². The van der Waals surface area contributed by atoms with E-state index in [1.54, 1.807) is 0 Å². The molecular formula is C21H17ClF2N4O3. The molecule has 31 heavy (non-hydrogen) atoms. The molecule has 2 aromatic rings. The number of aromatic nitrogens is 2. The first kappa shape index (κ1) is 21.0. The molecular weight excluding hydrogens is 430 g/mol. The maximum absolute atomic E-state index is 14.6. The van der Waals surface area contributed by atoms with Crippen LogP contribution in [-0.4, -0.2) is 41.2 Å². The highest BCUT2D eigenvalue weighted by molar-refractivity contribution is 6.31. The summed E-state index contributed by atoms with van der Waals surface area (Å²) in [6, 6.07) is 2.44. The van der Waals surface area contributed by atoms with E-state index in [1.165, 1.54) is 18.5 Å². The average Bonchev–Trinajstić information content (AvgIpc) is 3.54. The minimum atomic E-state index is -1.44. The number of ether oxygens (including phenoxy) is 2. The second kappa shape index (κ2) is 8.12. The number of Topliss-reactive ketones (excluding diaryl/α,β-unsaturated/α-hetero) is 1. The molecule has 1 fully saturated rings. The summed E-state index contributed by atoms with van der Waals surface area (Å²) < 4.78 is 39.3. The van der Waals surface area contributed by atoms with Gasteiger partial charge < -0.3 is 15.2 Å². The molecule has 2 N–H and O–H groups in total. The van der Waals surface area contributed by atoms with E-state index in [2.05, 4.69) is 20.9 Å². The number of nitrogens with zero attached hydrogens (tertiary/aromatic N) is 3. The lowest BCUT2D eigenvalue weighted by molar-refractivity contribution is 0.0987. The van der Waals surface area contributed by atoms with E-state index in [4.69, 9.17) is 33.2 Å². The van der Waals surface area contributed by atoms with Gasteiger partial charge in [0.2, 0.25) is 5.88 Å². The number of alkyl halides is 1. The van der Waals surface area contributed by atoms with Crippen LogP contribution in [0.25, 0.3) is 0 Å². The molecule has 2 aliphatic rings. The number of carbonyl (C=O) groups is 1. The molecule has 3 atom stereocenters. The van der Waals surface area contributed by atoms with E-state index in [-0.39, 0.29) is 53.2 Å². The Kier molecular flexibility index (Phi) is 5.50. The van der Waals surface area contributed by atoms with Crippen molar-refractivity contribution < 1.29 is 23.0 Å². The van der Waals surface area contributed by atoms with Gasteiger partial charge in [-0.2, -0.15) is 0 Å². The Balaban J connectivity index is 1.62. The van der Waals surface area contributed by atoms with Crippen LogP contribution < -0.4 is 10.5 Å². The average molecular weight is 447 g/mol. The zero-order valence-electron chi connectivity index (χ0n) is 16.1. The predicted octanol–water partition coefficient (Wildman–Crippen LogP) is 2.60. The van der Waals surface area contributed by atoms with Gasteiger partial charge in [-0.05, 0) is 18.1 Å². The van der Waals surface area contributed by atoms with Crippen LogP contribution in [0, 0.1) is 24.1 Å². The smallest absolute Gasteiger partial charge is 0.283 e. The van der Waals surface area contributed by atoms with Gasteiger partial charge in [0.15, 0.2) is 12.4 Å². The lowest BCUT2D eigenvalue weighted by Gasteiger charge is -2.32. The van der Waals surface area contributed by atoms with Gasteiger partial charge in [-0.25, -0.2) is 23.7 Å². The summed E-state index contributed by atoms with van der Waals surface area (Å²) in [6.45, 7) is -0.912. The number of terminal acetylenes is 1. The number of fused-ring (bicyclic) bond motifs is 1. The number of amidine groups is 1. The van der Waals surface area contributed by atoms with E-state index in [0.29, 0.717) is 12.0 Å². The molecule has 0 saturated heterocycles. The number of ketones is 1. The maximum atomic E-state index is 14.6. The van der Waals surface area contributed by atoms with Crippen LogP contribution in [0.3, 0.4) is 0 Å². The molecule has 1 aliphatic heterocycles. The SMILES string of the molecule is C#CCOc1cnc(C(=O)Cc2cc(F)c(Cl)c([C@@]3(CF)N=C(N)O[C@@H]4C[C@@H]43)c2)cn1. The number of hydrogen-bond donors (Lipinski definition) is 1. The molecule has 1 aromatic carbocycles. The fourth-order valence-electron chi connectivity index (χ4n) is 3.71. The topological polar surface area (TPSA) is 99.7 Å². The highest BCUT2D eigenvalue weighted by atomic mass is 35.5. The summed E-state index contributed by atoms with van der Waals surface area (Å²) in [4.78, 5) is 24.7. The normalized spacial score (nSPS) is 23.7. The van der Waals surface area contributed by atoms with Crippen LogP contribution >= 0.6 is 11.6 Å². The largest absolute Gasteiger partial charge is 0.463 e. The second-order valence-electron chi connectivity index (χ2n) is 7.28. The van der Waals surface area contributed by atoms with Crippen molar-refractivity contribution >= 4 is 23.4 Å². The molecule has 4 rings (SSSR count). The lowest BCUT2D eigenvalue weighted by Crippen LogP contribution is -2.39. The van der Waals surface area contributed by atoms with Crippen LogP contribution in [0.4, 0.5) is 8.78 Å². The first-order valence-corrected chi connectivity index (χ1v) is 9.73. The van der Waals surface area contributed by atoms with Crippen molar-refractivity contribution in [2.45, 2.75) is 24.5 Å². The predicted molar refractivity (Wildman–Crippen MR) is 108 cm³/mol. The van der Waals surface area contributed by atoms with E-state index in [9.17, 15) is 13.6 Å². The third-order valence-corrected chi connectivity index (χ3v) is 5.65. The van der Waals surface area contributed by atoms with Crippen molar-refractivity contribution in [3.8, 4) is 18.2 Å². The standard InChI is InChI=1S/C21H17ClF2N4O3/c1-2-3-30-18-9-26-15(8-27-18)16(29)6-11-4-13(19(22)14(24)5-11)21(10-23)12-7-17(12)31-20(25)28-21/h1,4-5,8-9,12,17H,3,6-7,10H2,(H2,25,28)/t12-,17+,21-/m0/s1. The number of halogens is 3. The number of benzene rings is 1. The van der Waals surface area contributed by atoms with Crippen LogP contribution in [-0.2, 0) is 16.7 Å². The van der Waals surface area contributed by atoms with Crippen molar-refractivity contribution in [3.63, 3.8) is 0 Å². The zero-order valence-corrected chi connectivity index (χ0v) is 16.9. The van der Waals surface area contributed by atoms with Gasteiger partial charge >= 0.3 is 0 Å². The number of hydrogen-bond acceptors (Lipinski definition) is 7. The van der Waals surface area contributed by atoms with Gasteiger partial charge in [0.1, 0.15) is 29.8 Å². The van der Waals surface area contributed by atoms with Crippen LogP contribution in [0.15, 0.2) is 29.5 Å². The summed E-state index contributed by atoms with van der Waals surface area (Å²) in [5.41, 5.74) is 4.75. The molecule has 7 nitrogen and oxygen atoms in total. The van der Waals surface area contributed by atoms with Gasteiger partial charge in [0.05, 0.1) is 17.4 Å². The number of rotatable bonds is 7. The van der Waals surface area contributed by atoms with Gasteiger partial charge in [-0.1, -0.05) is 23.6 Å². The summed E-state index contributed by atoms with van der Waals surface area (Å²) in [5, 5.41) is -0.257. The first-order valence-electron chi connectivity index (χ1n) is 9.35. The second-order valence-corrected chi connectivity index (χ2v) is 7.66. The fraction of sp³-hybridized carbons (Fsp3) is 0.333. The van der Waals surface area contributed by atoms with Gasteiger partial charge in [0, 0.05) is 17.9 Å². The van der Waals surface area contributed by atoms with Crippen molar-refractivity contribution in [3.05, 3.63) is 52.2 Å². The summed E-state index contributed by atoms with van der Waals surface area (Å²) in [5.74, 6) is 0.953.